The zero-order chi connectivity index (χ0) is 11.8. The lowest BCUT2D eigenvalue weighted by molar-refractivity contribution is 0.295. The standard InChI is InChI=1S/C11H16N2O2S/c1-16(14,15)10-4-2-8(3-5-10)11(12)9-6-13-7-9/h2-5,9,11,13H,6-7,12H2,1H3. The molecule has 1 aliphatic heterocycles. The molecule has 3 N–H and O–H groups in total. The van der Waals surface area contributed by atoms with Gasteiger partial charge in [-0.05, 0) is 17.7 Å². The first-order chi connectivity index (χ1) is 7.48. The second kappa shape index (κ2) is 4.16. The predicted molar refractivity (Wildman–Crippen MR) is 62.8 cm³/mol. The Bertz CT molecular complexity index is 463. The third kappa shape index (κ3) is 2.26. The van der Waals surface area contributed by atoms with Gasteiger partial charge in [0.15, 0.2) is 9.84 Å². The summed E-state index contributed by atoms with van der Waals surface area (Å²) in [6.45, 7) is 1.88. The summed E-state index contributed by atoms with van der Waals surface area (Å²) in [5, 5.41) is 3.17. The highest BCUT2D eigenvalue weighted by Gasteiger charge is 2.25. The summed E-state index contributed by atoms with van der Waals surface area (Å²) in [7, 11) is -3.11. The van der Waals surface area contributed by atoms with E-state index in [-0.39, 0.29) is 6.04 Å². The first-order valence-corrected chi connectivity index (χ1v) is 7.14. The number of sulfone groups is 1. The Morgan fingerprint density at radius 3 is 2.25 bits per heavy atom. The highest BCUT2D eigenvalue weighted by atomic mass is 32.2. The van der Waals surface area contributed by atoms with Crippen molar-refractivity contribution in [3.05, 3.63) is 29.8 Å². The van der Waals surface area contributed by atoms with Crippen molar-refractivity contribution in [3.8, 4) is 0 Å². The molecule has 0 amide bonds. The van der Waals surface area contributed by atoms with Crippen LogP contribution in [0.5, 0.6) is 0 Å². The first-order valence-electron chi connectivity index (χ1n) is 5.25. The molecule has 0 aromatic heterocycles. The number of benzene rings is 1. The SMILES string of the molecule is CS(=O)(=O)c1ccc(C(N)C2CNC2)cc1. The molecule has 0 radical (unpaired) electrons. The van der Waals surface area contributed by atoms with E-state index < -0.39 is 9.84 Å². The lowest BCUT2D eigenvalue weighted by atomic mass is 9.89. The van der Waals surface area contributed by atoms with E-state index in [2.05, 4.69) is 5.32 Å². The number of hydrogen-bond acceptors (Lipinski definition) is 4. The van der Waals surface area contributed by atoms with Crippen LogP contribution in [0.15, 0.2) is 29.2 Å². The van der Waals surface area contributed by atoms with Gasteiger partial charge in [-0.2, -0.15) is 0 Å². The summed E-state index contributed by atoms with van der Waals surface area (Å²) in [6.07, 6.45) is 1.21. The van der Waals surface area contributed by atoms with Crippen LogP contribution in [0.25, 0.3) is 0 Å². The lowest BCUT2D eigenvalue weighted by Crippen LogP contribution is -2.47. The maximum Gasteiger partial charge on any atom is 0.175 e. The molecule has 1 fully saturated rings. The molecule has 1 heterocycles. The van der Waals surface area contributed by atoms with Gasteiger partial charge in [-0.15, -0.1) is 0 Å². The van der Waals surface area contributed by atoms with E-state index in [1.54, 1.807) is 24.3 Å². The summed E-state index contributed by atoms with van der Waals surface area (Å²) in [6, 6.07) is 6.85. The van der Waals surface area contributed by atoms with Gasteiger partial charge in [0.1, 0.15) is 0 Å². The van der Waals surface area contributed by atoms with Crippen molar-refractivity contribution in [3.63, 3.8) is 0 Å². The molecule has 1 atom stereocenters. The zero-order valence-electron chi connectivity index (χ0n) is 9.18. The molecule has 5 heteroatoms. The fourth-order valence-corrected chi connectivity index (χ4v) is 2.40. The van der Waals surface area contributed by atoms with E-state index in [9.17, 15) is 8.42 Å². The summed E-state index contributed by atoms with van der Waals surface area (Å²) >= 11 is 0. The third-order valence-corrected chi connectivity index (χ3v) is 4.14. The van der Waals surface area contributed by atoms with Crippen molar-refractivity contribution in [2.45, 2.75) is 10.9 Å². The normalized spacial score (nSPS) is 19.1. The Labute approximate surface area is 95.8 Å². The Morgan fingerprint density at radius 1 is 1.31 bits per heavy atom. The van der Waals surface area contributed by atoms with E-state index in [1.807, 2.05) is 0 Å². The predicted octanol–water partition coefficient (Wildman–Crippen LogP) is 0.309. The molecule has 0 bridgehead atoms. The van der Waals surface area contributed by atoms with E-state index in [1.165, 1.54) is 6.26 Å². The van der Waals surface area contributed by atoms with Crippen LogP contribution >= 0.6 is 0 Å². The molecule has 1 aromatic rings. The Morgan fingerprint density at radius 2 is 1.88 bits per heavy atom. The minimum Gasteiger partial charge on any atom is -0.324 e. The highest BCUT2D eigenvalue weighted by Crippen LogP contribution is 2.23. The van der Waals surface area contributed by atoms with Gasteiger partial charge in [-0.25, -0.2) is 8.42 Å². The summed E-state index contributed by atoms with van der Waals surface area (Å²) in [4.78, 5) is 0.343. The molecular weight excluding hydrogens is 224 g/mol. The molecule has 4 nitrogen and oxygen atoms in total. The summed E-state index contributed by atoms with van der Waals surface area (Å²) in [5.41, 5.74) is 7.07. The number of hydrogen-bond donors (Lipinski definition) is 2. The van der Waals surface area contributed by atoms with Gasteiger partial charge >= 0.3 is 0 Å². The van der Waals surface area contributed by atoms with Crippen molar-refractivity contribution >= 4 is 9.84 Å². The molecule has 1 aliphatic rings. The average Bonchev–Trinajstić information content (AvgIpc) is 2.14. The van der Waals surface area contributed by atoms with Gasteiger partial charge in [0.25, 0.3) is 0 Å². The zero-order valence-corrected chi connectivity index (χ0v) is 10.00. The van der Waals surface area contributed by atoms with Crippen LogP contribution in [0.4, 0.5) is 0 Å². The van der Waals surface area contributed by atoms with Gasteiger partial charge in [-0.3, -0.25) is 0 Å². The van der Waals surface area contributed by atoms with Gasteiger partial charge in [0.05, 0.1) is 4.90 Å². The second-order valence-electron chi connectivity index (χ2n) is 4.29. The number of nitrogens with one attached hydrogen (secondary N) is 1. The van der Waals surface area contributed by atoms with Crippen LogP contribution in [0.3, 0.4) is 0 Å². The maximum absolute atomic E-state index is 11.3. The van der Waals surface area contributed by atoms with E-state index in [0.29, 0.717) is 10.8 Å². The average molecular weight is 240 g/mol. The molecule has 0 saturated carbocycles. The first kappa shape index (κ1) is 11.6. The molecule has 1 saturated heterocycles. The van der Waals surface area contributed by atoms with Gasteiger partial charge in [-0.1, -0.05) is 12.1 Å². The molecule has 88 valence electrons. The largest absolute Gasteiger partial charge is 0.324 e. The van der Waals surface area contributed by atoms with Crippen molar-refractivity contribution in [1.82, 2.24) is 5.32 Å². The quantitative estimate of drug-likeness (QED) is 0.797. The Hall–Kier alpha value is -0.910. The molecule has 2 rings (SSSR count). The number of rotatable bonds is 3. The topological polar surface area (TPSA) is 72.2 Å². The van der Waals surface area contributed by atoms with Gasteiger partial charge in [0.2, 0.25) is 0 Å². The van der Waals surface area contributed by atoms with Crippen molar-refractivity contribution in [2.75, 3.05) is 19.3 Å². The van der Waals surface area contributed by atoms with E-state index in [4.69, 9.17) is 5.73 Å². The number of nitrogens with two attached hydrogens (primary N) is 1. The maximum atomic E-state index is 11.3. The third-order valence-electron chi connectivity index (χ3n) is 3.01. The lowest BCUT2D eigenvalue weighted by Gasteiger charge is -2.32. The van der Waals surface area contributed by atoms with Gasteiger partial charge in [0, 0.05) is 31.3 Å². The van der Waals surface area contributed by atoms with Gasteiger partial charge < -0.3 is 11.1 Å². The molecule has 0 aliphatic carbocycles. The summed E-state index contributed by atoms with van der Waals surface area (Å²) in [5.74, 6) is 0.462. The van der Waals surface area contributed by atoms with Crippen LogP contribution in [-0.2, 0) is 9.84 Å². The highest BCUT2D eigenvalue weighted by molar-refractivity contribution is 7.90. The van der Waals surface area contributed by atoms with Crippen molar-refractivity contribution < 1.29 is 8.42 Å². The second-order valence-corrected chi connectivity index (χ2v) is 6.30. The van der Waals surface area contributed by atoms with Crippen LogP contribution in [0, 0.1) is 5.92 Å². The molecule has 0 spiro atoms. The molecular formula is C11H16N2O2S. The molecule has 16 heavy (non-hydrogen) atoms. The van der Waals surface area contributed by atoms with Crippen molar-refractivity contribution in [2.24, 2.45) is 11.7 Å². The van der Waals surface area contributed by atoms with E-state index in [0.717, 1.165) is 18.7 Å². The smallest absolute Gasteiger partial charge is 0.175 e. The fourth-order valence-electron chi connectivity index (χ4n) is 1.77. The Kier molecular flexibility index (Phi) is 3.01. The minimum atomic E-state index is -3.11. The van der Waals surface area contributed by atoms with Crippen LogP contribution < -0.4 is 11.1 Å². The molecule has 1 unspecified atom stereocenters. The van der Waals surface area contributed by atoms with Crippen LogP contribution in [0.2, 0.25) is 0 Å². The summed E-state index contributed by atoms with van der Waals surface area (Å²) < 4.78 is 22.5. The fraction of sp³-hybridized carbons (Fsp3) is 0.455. The Balaban J connectivity index is 2.18. The monoisotopic (exact) mass is 240 g/mol. The minimum absolute atomic E-state index is 0.00476. The van der Waals surface area contributed by atoms with E-state index >= 15 is 0 Å². The van der Waals surface area contributed by atoms with Crippen molar-refractivity contribution in [1.29, 1.82) is 0 Å². The van der Waals surface area contributed by atoms with Crippen LogP contribution in [0.1, 0.15) is 11.6 Å². The van der Waals surface area contributed by atoms with Crippen LogP contribution in [-0.4, -0.2) is 27.8 Å². The molecule has 1 aromatic carbocycles.